The molecule has 1 N–H and O–H groups in total. The van der Waals surface area contributed by atoms with Crippen LogP contribution in [0.15, 0.2) is 29.2 Å². The summed E-state index contributed by atoms with van der Waals surface area (Å²) >= 11 is 0. The molecular weight excluding hydrogens is 220 g/mol. The lowest BCUT2D eigenvalue weighted by Crippen LogP contribution is -2.16. The fourth-order valence-corrected chi connectivity index (χ4v) is 1.66. The van der Waals surface area contributed by atoms with Crippen molar-refractivity contribution in [3.63, 3.8) is 0 Å². The lowest BCUT2D eigenvalue weighted by molar-refractivity contribution is 0.0696. The van der Waals surface area contributed by atoms with Gasteiger partial charge in [-0.25, -0.2) is 9.78 Å². The smallest absolute Gasteiger partial charge is 0.337 e. The fraction of sp³-hybridized carbons (Fsp3) is 0.250. The van der Waals surface area contributed by atoms with E-state index < -0.39 is 5.97 Å². The van der Waals surface area contributed by atoms with Crippen LogP contribution in [-0.2, 0) is 6.42 Å². The van der Waals surface area contributed by atoms with Gasteiger partial charge in [0.2, 0.25) is 0 Å². The molecule has 0 spiro atoms. The molecule has 0 bridgehead atoms. The Morgan fingerprint density at radius 2 is 2.24 bits per heavy atom. The molecule has 0 aromatic carbocycles. The van der Waals surface area contributed by atoms with Crippen LogP contribution >= 0.6 is 0 Å². The molecule has 2 aromatic rings. The van der Waals surface area contributed by atoms with E-state index in [2.05, 4.69) is 4.98 Å². The summed E-state index contributed by atoms with van der Waals surface area (Å²) in [7, 11) is 0. The van der Waals surface area contributed by atoms with Crippen molar-refractivity contribution in [3.05, 3.63) is 46.0 Å². The molecule has 0 unspecified atom stereocenters. The average molecular weight is 232 g/mol. The number of fused-ring (bicyclic) bond motifs is 1. The minimum atomic E-state index is -1.06. The molecule has 0 fully saturated rings. The molecule has 0 saturated carbocycles. The first-order valence-corrected chi connectivity index (χ1v) is 5.37. The summed E-state index contributed by atoms with van der Waals surface area (Å²) in [5.41, 5.74) is 1.04. The maximum atomic E-state index is 11.8. The molecule has 17 heavy (non-hydrogen) atoms. The van der Waals surface area contributed by atoms with Gasteiger partial charge in [0, 0.05) is 18.0 Å². The summed E-state index contributed by atoms with van der Waals surface area (Å²) in [4.78, 5) is 26.9. The van der Waals surface area contributed by atoms with Crippen molar-refractivity contribution < 1.29 is 9.90 Å². The second kappa shape index (κ2) is 4.37. The van der Waals surface area contributed by atoms with E-state index in [1.165, 1.54) is 22.7 Å². The SMILES string of the molecule is CCCc1cc(=O)n2cc(C(=O)O)ccc2n1. The Bertz CT molecular complexity index is 631. The van der Waals surface area contributed by atoms with Gasteiger partial charge >= 0.3 is 5.97 Å². The predicted molar refractivity (Wildman–Crippen MR) is 62.4 cm³/mol. The molecular formula is C12H12N2O3. The maximum Gasteiger partial charge on any atom is 0.337 e. The van der Waals surface area contributed by atoms with Crippen molar-refractivity contribution in [2.75, 3.05) is 0 Å². The third kappa shape index (κ3) is 2.18. The summed E-state index contributed by atoms with van der Waals surface area (Å²) in [6, 6.07) is 4.44. The summed E-state index contributed by atoms with van der Waals surface area (Å²) in [5, 5.41) is 8.84. The van der Waals surface area contributed by atoms with E-state index in [9.17, 15) is 9.59 Å². The first kappa shape index (κ1) is 11.3. The highest BCUT2D eigenvalue weighted by Gasteiger charge is 2.06. The monoisotopic (exact) mass is 232 g/mol. The van der Waals surface area contributed by atoms with Crippen LogP contribution in [0.2, 0.25) is 0 Å². The normalized spacial score (nSPS) is 10.6. The minimum Gasteiger partial charge on any atom is -0.478 e. The van der Waals surface area contributed by atoms with Crippen LogP contribution in [0.25, 0.3) is 5.65 Å². The Kier molecular flexibility index (Phi) is 2.91. The van der Waals surface area contributed by atoms with Crippen molar-refractivity contribution in [1.29, 1.82) is 0 Å². The van der Waals surface area contributed by atoms with Crippen LogP contribution < -0.4 is 5.56 Å². The van der Waals surface area contributed by atoms with Crippen molar-refractivity contribution in [2.24, 2.45) is 0 Å². The minimum absolute atomic E-state index is 0.0737. The lowest BCUT2D eigenvalue weighted by Gasteiger charge is -2.03. The van der Waals surface area contributed by atoms with Gasteiger partial charge in [0.1, 0.15) is 5.65 Å². The molecule has 0 radical (unpaired) electrons. The number of nitrogens with zero attached hydrogens (tertiary/aromatic N) is 2. The van der Waals surface area contributed by atoms with Crippen molar-refractivity contribution in [1.82, 2.24) is 9.38 Å². The van der Waals surface area contributed by atoms with E-state index in [1.54, 1.807) is 6.07 Å². The molecule has 88 valence electrons. The largest absolute Gasteiger partial charge is 0.478 e. The highest BCUT2D eigenvalue weighted by Crippen LogP contribution is 2.04. The number of pyridine rings is 1. The fourth-order valence-electron chi connectivity index (χ4n) is 1.66. The quantitative estimate of drug-likeness (QED) is 0.866. The molecule has 0 saturated heterocycles. The first-order valence-electron chi connectivity index (χ1n) is 5.37. The number of rotatable bonds is 3. The molecule has 2 rings (SSSR count). The number of carbonyl (C=O) groups is 1. The van der Waals surface area contributed by atoms with Crippen LogP contribution in [0, 0.1) is 0 Å². The summed E-state index contributed by atoms with van der Waals surface area (Å²) in [6.07, 6.45) is 2.95. The van der Waals surface area contributed by atoms with Crippen LogP contribution in [0.1, 0.15) is 29.4 Å². The molecule has 0 aliphatic carbocycles. The highest BCUT2D eigenvalue weighted by atomic mass is 16.4. The molecule has 2 heterocycles. The molecule has 5 nitrogen and oxygen atoms in total. The summed E-state index contributed by atoms with van der Waals surface area (Å²) < 4.78 is 1.25. The summed E-state index contributed by atoms with van der Waals surface area (Å²) in [5.74, 6) is -1.06. The molecule has 0 atom stereocenters. The van der Waals surface area contributed by atoms with Gasteiger partial charge in [-0.15, -0.1) is 0 Å². The van der Waals surface area contributed by atoms with Gasteiger partial charge < -0.3 is 5.11 Å². The van der Waals surface area contributed by atoms with E-state index in [1.807, 2.05) is 6.92 Å². The van der Waals surface area contributed by atoms with E-state index in [0.29, 0.717) is 5.65 Å². The van der Waals surface area contributed by atoms with Gasteiger partial charge in [0.15, 0.2) is 0 Å². The van der Waals surface area contributed by atoms with E-state index in [0.717, 1.165) is 18.5 Å². The number of hydrogen-bond donors (Lipinski definition) is 1. The van der Waals surface area contributed by atoms with Crippen molar-refractivity contribution in [3.8, 4) is 0 Å². The Labute approximate surface area is 97.4 Å². The Morgan fingerprint density at radius 1 is 1.47 bits per heavy atom. The topological polar surface area (TPSA) is 71.7 Å². The third-order valence-corrected chi connectivity index (χ3v) is 2.47. The zero-order valence-electron chi connectivity index (χ0n) is 9.38. The number of aryl methyl sites for hydroxylation is 1. The van der Waals surface area contributed by atoms with E-state index >= 15 is 0 Å². The van der Waals surface area contributed by atoms with Gasteiger partial charge in [-0.1, -0.05) is 13.3 Å². The van der Waals surface area contributed by atoms with Crippen LogP contribution in [0.3, 0.4) is 0 Å². The second-order valence-electron chi connectivity index (χ2n) is 3.79. The Morgan fingerprint density at radius 3 is 2.88 bits per heavy atom. The Balaban J connectivity index is 2.64. The van der Waals surface area contributed by atoms with Crippen LogP contribution in [0.5, 0.6) is 0 Å². The average Bonchev–Trinajstić information content (AvgIpc) is 2.29. The number of carboxylic acid groups (broad SMARTS) is 1. The third-order valence-electron chi connectivity index (χ3n) is 2.47. The zero-order valence-corrected chi connectivity index (χ0v) is 9.38. The Hall–Kier alpha value is -2.17. The standard InChI is InChI=1S/C12H12N2O3/c1-2-3-9-6-11(15)14-7-8(12(16)17)4-5-10(14)13-9/h4-7H,2-3H2,1H3,(H,16,17). The zero-order chi connectivity index (χ0) is 12.4. The van der Waals surface area contributed by atoms with E-state index in [4.69, 9.17) is 5.11 Å². The molecule has 5 heteroatoms. The lowest BCUT2D eigenvalue weighted by atomic mass is 10.2. The maximum absolute atomic E-state index is 11.8. The van der Waals surface area contributed by atoms with Gasteiger partial charge in [-0.05, 0) is 18.6 Å². The van der Waals surface area contributed by atoms with Crippen LogP contribution in [0.4, 0.5) is 0 Å². The van der Waals surface area contributed by atoms with Gasteiger partial charge in [0.05, 0.1) is 5.56 Å². The first-order chi connectivity index (χ1) is 8.11. The van der Waals surface area contributed by atoms with Crippen molar-refractivity contribution in [2.45, 2.75) is 19.8 Å². The van der Waals surface area contributed by atoms with Gasteiger partial charge in [-0.2, -0.15) is 0 Å². The number of aromatic carboxylic acids is 1. The van der Waals surface area contributed by atoms with E-state index in [-0.39, 0.29) is 11.1 Å². The van der Waals surface area contributed by atoms with Crippen LogP contribution in [-0.4, -0.2) is 20.5 Å². The number of hydrogen-bond acceptors (Lipinski definition) is 3. The molecule has 0 aliphatic heterocycles. The molecule has 0 amide bonds. The molecule has 2 aromatic heterocycles. The summed E-state index contributed by atoms with van der Waals surface area (Å²) in [6.45, 7) is 2.01. The van der Waals surface area contributed by atoms with Crippen molar-refractivity contribution >= 4 is 11.6 Å². The number of carboxylic acids is 1. The molecule has 0 aliphatic rings. The highest BCUT2D eigenvalue weighted by molar-refractivity contribution is 5.87. The predicted octanol–water partition coefficient (Wildman–Crippen LogP) is 1.35. The van der Waals surface area contributed by atoms with Gasteiger partial charge in [0.25, 0.3) is 5.56 Å². The number of aromatic nitrogens is 2. The van der Waals surface area contributed by atoms with Gasteiger partial charge in [-0.3, -0.25) is 9.20 Å². The second-order valence-corrected chi connectivity index (χ2v) is 3.79.